The average molecular weight is 260 g/mol. The van der Waals surface area contributed by atoms with Crippen LogP contribution in [0.3, 0.4) is 0 Å². The van der Waals surface area contributed by atoms with Crippen molar-refractivity contribution in [2.45, 2.75) is 31.5 Å². The maximum atomic E-state index is 6.11. The van der Waals surface area contributed by atoms with Crippen LogP contribution in [-0.2, 0) is 0 Å². The summed E-state index contributed by atoms with van der Waals surface area (Å²) in [6.07, 6.45) is 2.22. The van der Waals surface area contributed by atoms with Crippen LogP contribution in [0.2, 0.25) is 0 Å². The van der Waals surface area contributed by atoms with Gasteiger partial charge in [-0.05, 0) is 19.4 Å². The molecule has 2 atom stereocenters. The van der Waals surface area contributed by atoms with Crippen molar-refractivity contribution in [3.63, 3.8) is 0 Å². The Balaban J connectivity index is 1.86. The second kappa shape index (κ2) is 3.67. The second-order valence-corrected chi connectivity index (χ2v) is 6.39. The van der Waals surface area contributed by atoms with Gasteiger partial charge in [-0.1, -0.05) is 30.0 Å². The Bertz CT molecular complexity index is 530. The number of fused-ring (bicyclic) bond motifs is 6. The number of thioether (sulfide) groups is 1. The molecule has 94 valence electrons. The number of amidine groups is 1. The summed E-state index contributed by atoms with van der Waals surface area (Å²) in [5.74, 6) is 2.19. The van der Waals surface area contributed by atoms with E-state index < -0.39 is 0 Å². The predicted octanol–water partition coefficient (Wildman–Crippen LogP) is 3.03. The summed E-state index contributed by atoms with van der Waals surface area (Å²) < 4.78 is 6.11. The summed E-state index contributed by atoms with van der Waals surface area (Å²) in [4.78, 5) is 7.31. The van der Waals surface area contributed by atoms with Gasteiger partial charge in [-0.15, -0.1) is 0 Å². The highest BCUT2D eigenvalue weighted by molar-refractivity contribution is 8.13. The molecule has 0 N–H and O–H groups in total. The van der Waals surface area contributed by atoms with Crippen LogP contribution in [0.25, 0.3) is 0 Å². The maximum Gasteiger partial charge on any atom is 0.202 e. The zero-order valence-electron chi connectivity index (χ0n) is 10.4. The van der Waals surface area contributed by atoms with Crippen LogP contribution >= 0.6 is 11.8 Å². The molecular weight excluding hydrogens is 244 g/mol. The van der Waals surface area contributed by atoms with Gasteiger partial charge in [0.15, 0.2) is 5.17 Å². The minimum Gasteiger partial charge on any atom is -0.466 e. The Morgan fingerprint density at radius 2 is 2.33 bits per heavy atom. The molecule has 4 heteroatoms. The lowest BCUT2D eigenvalue weighted by Crippen LogP contribution is -2.51. The Labute approximate surface area is 111 Å². The van der Waals surface area contributed by atoms with E-state index in [1.807, 2.05) is 17.8 Å². The van der Waals surface area contributed by atoms with E-state index in [9.17, 15) is 0 Å². The SMILES string of the molecule is C[C@@]12C[C@@H](c3ccccc3O1)N1CCCSC1=N2. The standard InChI is InChI=1S/C14H16N2OS/c1-14-9-11(10-5-2-3-6-12(10)17-14)16-7-4-8-18-13(16)15-14/h2-3,5-6,11H,4,7-9H2,1H3/t11-,14-/m0/s1. The van der Waals surface area contributed by atoms with Crippen LogP contribution in [0.4, 0.5) is 0 Å². The number of para-hydroxylation sites is 1. The molecule has 0 unspecified atom stereocenters. The fraction of sp³-hybridized carbons (Fsp3) is 0.500. The van der Waals surface area contributed by atoms with Crippen LogP contribution < -0.4 is 4.74 Å². The minimum atomic E-state index is -0.366. The van der Waals surface area contributed by atoms with Crippen LogP contribution in [0.15, 0.2) is 29.3 Å². The zero-order chi connectivity index (χ0) is 12.2. The molecule has 0 radical (unpaired) electrons. The third-order valence-electron chi connectivity index (χ3n) is 3.91. The highest BCUT2D eigenvalue weighted by Crippen LogP contribution is 2.48. The zero-order valence-corrected chi connectivity index (χ0v) is 11.2. The lowest BCUT2D eigenvalue weighted by molar-refractivity contribution is 0.0244. The van der Waals surface area contributed by atoms with Gasteiger partial charge in [0, 0.05) is 24.3 Å². The molecule has 0 amide bonds. The van der Waals surface area contributed by atoms with Crippen molar-refractivity contribution in [1.82, 2.24) is 4.90 Å². The lowest BCUT2D eigenvalue weighted by atomic mass is 9.91. The molecule has 1 fully saturated rings. The van der Waals surface area contributed by atoms with Crippen molar-refractivity contribution in [3.05, 3.63) is 29.8 Å². The van der Waals surface area contributed by atoms with Crippen LogP contribution in [0.1, 0.15) is 31.4 Å². The van der Waals surface area contributed by atoms with E-state index in [2.05, 4.69) is 30.0 Å². The molecule has 2 bridgehead atoms. The molecular formula is C14H16N2OS. The molecule has 1 aromatic carbocycles. The van der Waals surface area contributed by atoms with Crippen molar-refractivity contribution in [3.8, 4) is 5.75 Å². The van der Waals surface area contributed by atoms with E-state index in [-0.39, 0.29) is 5.72 Å². The summed E-state index contributed by atoms with van der Waals surface area (Å²) in [7, 11) is 0. The molecule has 0 saturated carbocycles. The van der Waals surface area contributed by atoms with E-state index in [1.54, 1.807) is 0 Å². The summed E-state index contributed by atoms with van der Waals surface area (Å²) in [5.41, 5.74) is 0.958. The Hall–Kier alpha value is -1.16. The van der Waals surface area contributed by atoms with Crippen molar-refractivity contribution in [1.29, 1.82) is 0 Å². The van der Waals surface area contributed by atoms with Crippen LogP contribution in [-0.4, -0.2) is 28.1 Å². The molecule has 0 aromatic heterocycles. The first-order chi connectivity index (χ1) is 8.75. The molecule has 0 aliphatic carbocycles. The highest BCUT2D eigenvalue weighted by Gasteiger charge is 2.45. The predicted molar refractivity (Wildman–Crippen MR) is 74.0 cm³/mol. The van der Waals surface area contributed by atoms with E-state index >= 15 is 0 Å². The number of ether oxygens (including phenoxy) is 1. The van der Waals surface area contributed by atoms with Gasteiger partial charge in [0.1, 0.15) is 5.75 Å². The van der Waals surface area contributed by atoms with Gasteiger partial charge >= 0.3 is 0 Å². The molecule has 3 aliphatic heterocycles. The van der Waals surface area contributed by atoms with Gasteiger partial charge in [-0.3, -0.25) is 0 Å². The summed E-state index contributed by atoms with van der Waals surface area (Å²) in [6, 6.07) is 8.85. The molecule has 3 aliphatic rings. The minimum absolute atomic E-state index is 0.366. The molecule has 1 saturated heterocycles. The van der Waals surface area contributed by atoms with Crippen molar-refractivity contribution in [2.24, 2.45) is 4.99 Å². The monoisotopic (exact) mass is 260 g/mol. The van der Waals surface area contributed by atoms with Crippen molar-refractivity contribution >= 4 is 16.9 Å². The average Bonchev–Trinajstić information content (AvgIpc) is 2.38. The number of hydrogen-bond donors (Lipinski definition) is 0. The second-order valence-electron chi connectivity index (χ2n) is 5.32. The van der Waals surface area contributed by atoms with E-state index in [1.165, 1.54) is 22.9 Å². The maximum absolute atomic E-state index is 6.11. The Kier molecular flexibility index (Phi) is 2.19. The van der Waals surface area contributed by atoms with E-state index in [0.717, 1.165) is 18.7 Å². The van der Waals surface area contributed by atoms with Crippen LogP contribution in [0, 0.1) is 0 Å². The number of aliphatic imine (C=N–C) groups is 1. The Morgan fingerprint density at radius 1 is 1.44 bits per heavy atom. The van der Waals surface area contributed by atoms with Crippen LogP contribution in [0.5, 0.6) is 5.75 Å². The number of rotatable bonds is 0. The van der Waals surface area contributed by atoms with Gasteiger partial charge in [0.2, 0.25) is 5.72 Å². The molecule has 3 nitrogen and oxygen atoms in total. The first-order valence-corrected chi connectivity index (χ1v) is 7.51. The Morgan fingerprint density at radius 3 is 3.28 bits per heavy atom. The molecule has 0 spiro atoms. The number of benzene rings is 1. The van der Waals surface area contributed by atoms with Gasteiger partial charge < -0.3 is 9.64 Å². The van der Waals surface area contributed by atoms with Gasteiger partial charge in [-0.2, -0.15) is 0 Å². The third-order valence-corrected chi connectivity index (χ3v) is 4.99. The van der Waals surface area contributed by atoms with E-state index in [4.69, 9.17) is 9.73 Å². The number of hydrogen-bond acceptors (Lipinski definition) is 4. The fourth-order valence-electron chi connectivity index (χ4n) is 3.11. The fourth-order valence-corrected chi connectivity index (χ4v) is 4.21. The first kappa shape index (κ1) is 10.7. The lowest BCUT2D eigenvalue weighted by Gasteiger charge is -2.48. The van der Waals surface area contributed by atoms with Crippen molar-refractivity contribution in [2.75, 3.05) is 12.3 Å². The topological polar surface area (TPSA) is 24.8 Å². The quantitative estimate of drug-likeness (QED) is 0.717. The van der Waals surface area contributed by atoms with E-state index in [0.29, 0.717) is 6.04 Å². The summed E-state index contributed by atoms with van der Waals surface area (Å²) >= 11 is 1.87. The third kappa shape index (κ3) is 1.48. The van der Waals surface area contributed by atoms with Gasteiger partial charge in [0.25, 0.3) is 0 Å². The first-order valence-electron chi connectivity index (χ1n) is 6.52. The summed E-state index contributed by atoms with van der Waals surface area (Å²) in [6.45, 7) is 3.23. The van der Waals surface area contributed by atoms with Gasteiger partial charge in [-0.25, -0.2) is 4.99 Å². The largest absolute Gasteiger partial charge is 0.466 e. The highest BCUT2D eigenvalue weighted by atomic mass is 32.2. The normalized spacial score (nSPS) is 33.1. The molecule has 18 heavy (non-hydrogen) atoms. The molecule has 3 heterocycles. The van der Waals surface area contributed by atoms with Crippen molar-refractivity contribution < 1.29 is 4.74 Å². The van der Waals surface area contributed by atoms with Gasteiger partial charge in [0.05, 0.1) is 6.04 Å². The molecule has 1 aromatic rings. The smallest absolute Gasteiger partial charge is 0.202 e. The number of nitrogens with zero attached hydrogens (tertiary/aromatic N) is 2. The summed E-state index contributed by atoms with van der Waals surface area (Å²) in [5, 5.41) is 1.18. The molecule has 4 rings (SSSR count).